The summed E-state index contributed by atoms with van der Waals surface area (Å²) in [6.07, 6.45) is 9.77. The van der Waals surface area contributed by atoms with E-state index < -0.39 is 0 Å². The van der Waals surface area contributed by atoms with Crippen molar-refractivity contribution in [3.05, 3.63) is 65.9 Å². The summed E-state index contributed by atoms with van der Waals surface area (Å²) < 4.78 is 2.31. The van der Waals surface area contributed by atoms with Crippen LogP contribution in [0.2, 0.25) is 0 Å². The van der Waals surface area contributed by atoms with Crippen molar-refractivity contribution in [2.45, 2.75) is 51.1 Å². The van der Waals surface area contributed by atoms with Crippen LogP contribution in [0.3, 0.4) is 0 Å². The van der Waals surface area contributed by atoms with Crippen LogP contribution in [0.15, 0.2) is 54.6 Å². The molecule has 1 saturated heterocycles. The Morgan fingerprint density at radius 2 is 1.83 bits per heavy atom. The third kappa shape index (κ3) is 3.73. The van der Waals surface area contributed by atoms with Gasteiger partial charge >= 0.3 is 0 Å². The van der Waals surface area contributed by atoms with Gasteiger partial charge in [-0.1, -0.05) is 30.3 Å². The van der Waals surface area contributed by atoms with Crippen LogP contribution in [0.5, 0.6) is 0 Å². The summed E-state index contributed by atoms with van der Waals surface area (Å²) in [4.78, 5) is 2.43. The lowest BCUT2D eigenvalue weighted by Crippen LogP contribution is -2.32. The van der Waals surface area contributed by atoms with Gasteiger partial charge in [-0.05, 0) is 91.6 Å². The normalized spacial score (nSPS) is 20.1. The first-order valence-corrected chi connectivity index (χ1v) is 11.5. The highest BCUT2D eigenvalue weighted by Crippen LogP contribution is 2.32. The van der Waals surface area contributed by atoms with Crippen molar-refractivity contribution < 1.29 is 5.11 Å². The Morgan fingerprint density at radius 1 is 0.967 bits per heavy atom. The monoisotopic (exact) mass is 400 g/mol. The van der Waals surface area contributed by atoms with Crippen molar-refractivity contribution in [2.24, 2.45) is 7.05 Å². The molecule has 0 bridgehead atoms. The first-order chi connectivity index (χ1) is 14.7. The van der Waals surface area contributed by atoms with E-state index in [4.69, 9.17) is 0 Å². The van der Waals surface area contributed by atoms with E-state index in [9.17, 15) is 5.11 Å². The number of aliphatic hydroxyl groups is 1. The first-order valence-electron chi connectivity index (χ1n) is 11.5. The Balaban J connectivity index is 1.45. The topological polar surface area (TPSA) is 28.4 Å². The Hall–Kier alpha value is -2.36. The molecule has 2 aromatic carbocycles. The Labute approximate surface area is 179 Å². The molecule has 3 aromatic rings. The number of hydrogen-bond acceptors (Lipinski definition) is 2. The summed E-state index contributed by atoms with van der Waals surface area (Å²) in [5, 5.41) is 10.9. The molecule has 1 aromatic heterocycles. The SMILES string of the molecule is Cn1c(CN2CCCC2CO)cc2cc(-c3cccc(C4=CCCCC4)c3)ccc21. The largest absolute Gasteiger partial charge is 0.395 e. The van der Waals surface area contributed by atoms with Crippen LogP contribution < -0.4 is 0 Å². The molecular weight excluding hydrogens is 368 g/mol. The number of nitrogens with zero attached hydrogens (tertiary/aromatic N) is 2. The van der Waals surface area contributed by atoms with Gasteiger partial charge in [-0.25, -0.2) is 0 Å². The van der Waals surface area contributed by atoms with Gasteiger partial charge in [-0.15, -0.1) is 0 Å². The smallest absolute Gasteiger partial charge is 0.0587 e. The molecule has 1 N–H and O–H groups in total. The minimum atomic E-state index is 0.265. The second-order valence-corrected chi connectivity index (χ2v) is 8.97. The van der Waals surface area contributed by atoms with Gasteiger partial charge in [-0.3, -0.25) is 4.90 Å². The molecule has 2 aliphatic rings. The quantitative estimate of drug-likeness (QED) is 0.590. The van der Waals surface area contributed by atoms with Gasteiger partial charge < -0.3 is 9.67 Å². The summed E-state index contributed by atoms with van der Waals surface area (Å²) in [6, 6.07) is 18.5. The summed E-state index contributed by atoms with van der Waals surface area (Å²) in [7, 11) is 2.16. The molecule has 0 spiro atoms. The van der Waals surface area contributed by atoms with Crippen molar-refractivity contribution in [2.75, 3.05) is 13.2 Å². The summed E-state index contributed by atoms with van der Waals surface area (Å²) >= 11 is 0. The van der Waals surface area contributed by atoms with Gasteiger partial charge in [0.1, 0.15) is 0 Å². The minimum Gasteiger partial charge on any atom is -0.395 e. The van der Waals surface area contributed by atoms with Gasteiger partial charge in [0.2, 0.25) is 0 Å². The molecule has 1 aliphatic heterocycles. The predicted molar refractivity (Wildman–Crippen MR) is 125 cm³/mol. The van der Waals surface area contributed by atoms with Crippen LogP contribution in [0.25, 0.3) is 27.6 Å². The van der Waals surface area contributed by atoms with Gasteiger partial charge in [0.15, 0.2) is 0 Å². The molecule has 1 aliphatic carbocycles. The average Bonchev–Trinajstić information content (AvgIpc) is 3.38. The fraction of sp³-hybridized carbons (Fsp3) is 0.407. The van der Waals surface area contributed by atoms with E-state index in [1.807, 2.05) is 0 Å². The van der Waals surface area contributed by atoms with E-state index in [0.29, 0.717) is 6.04 Å². The highest BCUT2D eigenvalue weighted by Gasteiger charge is 2.24. The zero-order valence-corrected chi connectivity index (χ0v) is 18.0. The van der Waals surface area contributed by atoms with Gasteiger partial charge in [0.05, 0.1) is 6.61 Å². The summed E-state index contributed by atoms with van der Waals surface area (Å²) in [6.45, 7) is 2.26. The summed E-state index contributed by atoms with van der Waals surface area (Å²) in [5.74, 6) is 0. The number of hydrogen-bond donors (Lipinski definition) is 1. The highest BCUT2D eigenvalue weighted by molar-refractivity contribution is 5.87. The van der Waals surface area contributed by atoms with Gasteiger partial charge in [-0.2, -0.15) is 0 Å². The molecule has 0 amide bonds. The number of rotatable bonds is 5. The molecule has 2 heterocycles. The number of aromatic nitrogens is 1. The van der Waals surface area contributed by atoms with E-state index >= 15 is 0 Å². The van der Waals surface area contributed by atoms with Crippen LogP contribution in [0, 0.1) is 0 Å². The molecule has 5 rings (SSSR count). The van der Waals surface area contributed by atoms with Crippen LogP contribution in [0.4, 0.5) is 0 Å². The lowest BCUT2D eigenvalue weighted by Gasteiger charge is -2.22. The molecule has 0 saturated carbocycles. The molecule has 1 unspecified atom stereocenters. The number of aliphatic hydroxyl groups excluding tert-OH is 1. The zero-order valence-electron chi connectivity index (χ0n) is 18.0. The van der Waals surface area contributed by atoms with Crippen molar-refractivity contribution >= 4 is 16.5 Å². The molecule has 3 nitrogen and oxygen atoms in total. The highest BCUT2D eigenvalue weighted by atomic mass is 16.3. The second-order valence-electron chi connectivity index (χ2n) is 8.97. The number of fused-ring (bicyclic) bond motifs is 1. The standard InChI is InChI=1S/C27H32N2O/c1-28-26(18-29-14-6-11-25(29)19-30)17-24-16-23(12-13-27(24)28)22-10-5-9-21(15-22)20-7-3-2-4-8-20/h5,7,9-10,12-13,15-17,25,30H,2-4,6,8,11,14,18-19H2,1H3. The fourth-order valence-electron chi connectivity index (χ4n) is 5.25. The lowest BCUT2D eigenvalue weighted by molar-refractivity contribution is 0.151. The van der Waals surface area contributed by atoms with Crippen LogP contribution >= 0.6 is 0 Å². The maximum Gasteiger partial charge on any atom is 0.0587 e. The van der Waals surface area contributed by atoms with E-state index in [2.05, 4.69) is 71.1 Å². The summed E-state index contributed by atoms with van der Waals surface area (Å²) in [5.41, 5.74) is 8.07. The zero-order chi connectivity index (χ0) is 20.5. The van der Waals surface area contributed by atoms with E-state index in [1.54, 1.807) is 0 Å². The van der Waals surface area contributed by atoms with E-state index in [0.717, 1.165) is 19.5 Å². The fourth-order valence-corrected chi connectivity index (χ4v) is 5.25. The Bertz CT molecular complexity index is 1080. The van der Waals surface area contributed by atoms with E-state index in [1.165, 1.54) is 71.0 Å². The van der Waals surface area contributed by atoms with Crippen molar-refractivity contribution in [3.63, 3.8) is 0 Å². The van der Waals surface area contributed by atoms with Crippen LogP contribution in [-0.2, 0) is 13.6 Å². The molecule has 1 fully saturated rings. The van der Waals surface area contributed by atoms with Crippen molar-refractivity contribution in [1.82, 2.24) is 9.47 Å². The van der Waals surface area contributed by atoms with Gasteiger partial charge in [0, 0.05) is 36.2 Å². The van der Waals surface area contributed by atoms with Crippen molar-refractivity contribution in [1.29, 1.82) is 0 Å². The predicted octanol–water partition coefficient (Wildman–Crippen LogP) is 5.76. The molecule has 0 radical (unpaired) electrons. The lowest BCUT2D eigenvalue weighted by atomic mass is 9.91. The van der Waals surface area contributed by atoms with Crippen LogP contribution in [-0.4, -0.2) is 33.8 Å². The van der Waals surface area contributed by atoms with Gasteiger partial charge in [0.25, 0.3) is 0 Å². The molecule has 3 heteroatoms. The second kappa shape index (κ2) is 8.41. The number of allylic oxidation sites excluding steroid dienone is 2. The van der Waals surface area contributed by atoms with Crippen molar-refractivity contribution in [3.8, 4) is 11.1 Å². The molecule has 1 atom stereocenters. The Morgan fingerprint density at radius 3 is 2.67 bits per heavy atom. The Kier molecular flexibility index (Phi) is 5.49. The number of aryl methyl sites for hydroxylation is 1. The molecule has 156 valence electrons. The number of benzene rings is 2. The number of likely N-dealkylation sites (tertiary alicyclic amines) is 1. The van der Waals surface area contributed by atoms with Crippen LogP contribution in [0.1, 0.15) is 49.8 Å². The third-order valence-corrected chi connectivity index (χ3v) is 7.07. The molecular formula is C27H32N2O. The maximum absolute atomic E-state index is 9.65. The molecule has 30 heavy (non-hydrogen) atoms. The first kappa shape index (κ1) is 19.6. The maximum atomic E-state index is 9.65. The average molecular weight is 401 g/mol. The minimum absolute atomic E-state index is 0.265. The third-order valence-electron chi connectivity index (χ3n) is 7.07. The van der Waals surface area contributed by atoms with E-state index in [-0.39, 0.29) is 6.61 Å².